The Bertz CT molecular complexity index is 349. The van der Waals surface area contributed by atoms with Crippen molar-refractivity contribution >= 4 is 5.91 Å². The largest absolute Gasteiger partial charge is 0.496 e. The number of hydrogen-bond acceptors (Lipinski definition) is 2. The summed E-state index contributed by atoms with van der Waals surface area (Å²) in [5, 5.41) is 2.77. The lowest BCUT2D eigenvalue weighted by atomic mass is 10.1. The number of benzene rings is 1. The third-order valence-corrected chi connectivity index (χ3v) is 2.27. The van der Waals surface area contributed by atoms with Crippen molar-refractivity contribution in [2.75, 3.05) is 7.11 Å². The molecule has 1 aromatic carbocycles. The molecule has 0 fully saturated rings. The number of carbonyl (C=O) groups is 1. The van der Waals surface area contributed by atoms with Crippen LogP contribution in [-0.2, 0) is 11.3 Å². The Morgan fingerprint density at radius 1 is 1.33 bits per heavy atom. The number of nitrogens with one attached hydrogen (secondary N) is 1. The Morgan fingerprint density at radius 2 is 1.87 bits per heavy atom. The first-order chi connectivity index (χ1) is 7.04. The minimum absolute atomic E-state index is 0.0128. The molecule has 0 aliphatic heterocycles. The maximum absolute atomic E-state index is 10.8. The van der Waals surface area contributed by atoms with Gasteiger partial charge in [0, 0.05) is 13.5 Å². The summed E-state index contributed by atoms with van der Waals surface area (Å²) in [6.45, 7) is 6.09. The first kappa shape index (κ1) is 11.6. The van der Waals surface area contributed by atoms with Crippen LogP contribution in [0.1, 0.15) is 23.6 Å². The van der Waals surface area contributed by atoms with Crippen molar-refractivity contribution in [2.24, 2.45) is 0 Å². The summed E-state index contributed by atoms with van der Waals surface area (Å²) in [6.07, 6.45) is 0. The number of rotatable bonds is 3. The van der Waals surface area contributed by atoms with E-state index in [-0.39, 0.29) is 5.91 Å². The molecular weight excluding hydrogens is 190 g/mol. The van der Waals surface area contributed by atoms with Crippen LogP contribution in [0.15, 0.2) is 12.1 Å². The molecule has 1 amide bonds. The van der Waals surface area contributed by atoms with Gasteiger partial charge in [0.2, 0.25) is 5.91 Å². The van der Waals surface area contributed by atoms with Crippen LogP contribution in [0.25, 0.3) is 0 Å². The normalized spacial score (nSPS) is 9.87. The van der Waals surface area contributed by atoms with Crippen molar-refractivity contribution in [3.63, 3.8) is 0 Å². The van der Waals surface area contributed by atoms with Crippen molar-refractivity contribution in [1.29, 1.82) is 0 Å². The molecule has 0 heterocycles. The van der Waals surface area contributed by atoms with Crippen LogP contribution < -0.4 is 10.1 Å². The first-order valence-corrected chi connectivity index (χ1v) is 4.93. The highest BCUT2D eigenvalue weighted by Crippen LogP contribution is 2.24. The molecule has 3 heteroatoms. The molecule has 1 N–H and O–H groups in total. The molecule has 0 aliphatic rings. The smallest absolute Gasteiger partial charge is 0.217 e. The fourth-order valence-electron chi connectivity index (χ4n) is 1.69. The predicted molar refractivity (Wildman–Crippen MR) is 60.0 cm³/mol. The van der Waals surface area contributed by atoms with E-state index in [1.165, 1.54) is 6.92 Å². The van der Waals surface area contributed by atoms with Crippen LogP contribution in [0.3, 0.4) is 0 Å². The second-order valence-electron chi connectivity index (χ2n) is 3.67. The van der Waals surface area contributed by atoms with Crippen molar-refractivity contribution in [1.82, 2.24) is 5.32 Å². The highest BCUT2D eigenvalue weighted by Gasteiger charge is 2.05. The van der Waals surface area contributed by atoms with E-state index in [0.717, 1.165) is 22.4 Å². The van der Waals surface area contributed by atoms with Gasteiger partial charge in [0.1, 0.15) is 5.75 Å². The maximum atomic E-state index is 10.8. The fraction of sp³-hybridized carbons (Fsp3) is 0.417. The van der Waals surface area contributed by atoms with Gasteiger partial charge in [-0.15, -0.1) is 0 Å². The average Bonchev–Trinajstić information content (AvgIpc) is 2.14. The molecule has 1 rings (SSSR count). The van der Waals surface area contributed by atoms with Crippen LogP contribution >= 0.6 is 0 Å². The molecule has 3 nitrogen and oxygen atoms in total. The highest BCUT2D eigenvalue weighted by molar-refractivity contribution is 5.72. The van der Waals surface area contributed by atoms with E-state index in [4.69, 9.17) is 4.74 Å². The standard InChI is InChI=1S/C12H17NO2/c1-8-5-11(7-13-10(3)14)6-9(2)12(8)15-4/h5-6H,7H2,1-4H3,(H,13,14). The number of aryl methyl sites for hydroxylation is 2. The summed E-state index contributed by atoms with van der Waals surface area (Å²) in [5.41, 5.74) is 3.29. The zero-order valence-corrected chi connectivity index (χ0v) is 9.68. The fourth-order valence-corrected chi connectivity index (χ4v) is 1.69. The second-order valence-corrected chi connectivity index (χ2v) is 3.67. The van der Waals surface area contributed by atoms with Gasteiger partial charge in [-0.1, -0.05) is 12.1 Å². The van der Waals surface area contributed by atoms with Gasteiger partial charge in [0.25, 0.3) is 0 Å². The molecule has 82 valence electrons. The molecule has 0 aromatic heterocycles. The van der Waals surface area contributed by atoms with Crippen molar-refractivity contribution < 1.29 is 9.53 Å². The van der Waals surface area contributed by atoms with Gasteiger partial charge in [0.15, 0.2) is 0 Å². The summed E-state index contributed by atoms with van der Waals surface area (Å²) >= 11 is 0. The molecule has 0 spiro atoms. The molecule has 1 aromatic rings. The Morgan fingerprint density at radius 3 is 2.27 bits per heavy atom. The van der Waals surface area contributed by atoms with Crippen LogP contribution in [0, 0.1) is 13.8 Å². The molecule has 15 heavy (non-hydrogen) atoms. The maximum Gasteiger partial charge on any atom is 0.217 e. The Labute approximate surface area is 90.4 Å². The van der Waals surface area contributed by atoms with E-state index in [1.807, 2.05) is 26.0 Å². The Hall–Kier alpha value is -1.51. The molecule has 0 saturated carbocycles. The van der Waals surface area contributed by atoms with Gasteiger partial charge in [-0.05, 0) is 30.5 Å². The monoisotopic (exact) mass is 207 g/mol. The van der Waals surface area contributed by atoms with Crippen LogP contribution in [0.2, 0.25) is 0 Å². The van der Waals surface area contributed by atoms with Crippen LogP contribution in [0.4, 0.5) is 0 Å². The first-order valence-electron chi connectivity index (χ1n) is 4.93. The lowest BCUT2D eigenvalue weighted by Gasteiger charge is -2.11. The SMILES string of the molecule is COc1c(C)cc(CNC(C)=O)cc1C. The Kier molecular flexibility index (Phi) is 3.72. The summed E-state index contributed by atoms with van der Waals surface area (Å²) in [5.74, 6) is 0.905. The molecule has 0 saturated heterocycles. The van der Waals surface area contributed by atoms with Gasteiger partial charge in [-0.3, -0.25) is 4.79 Å². The summed E-state index contributed by atoms with van der Waals surface area (Å²) in [6, 6.07) is 4.06. The Balaban J connectivity index is 2.88. The predicted octanol–water partition coefficient (Wildman–Crippen LogP) is 1.95. The van der Waals surface area contributed by atoms with E-state index in [9.17, 15) is 4.79 Å². The average molecular weight is 207 g/mol. The van der Waals surface area contributed by atoms with Crippen LogP contribution in [-0.4, -0.2) is 13.0 Å². The van der Waals surface area contributed by atoms with Crippen molar-refractivity contribution in [2.45, 2.75) is 27.3 Å². The van der Waals surface area contributed by atoms with Crippen LogP contribution in [0.5, 0.6) is 5.75 Å². The van der Waals surface area contributed by atoms with Gasteiger partial charge >= 0.3 is 0 Å². The lowest BCUT2D eigenvalue weighted by Crippen LogP contribution is -2.19. The molecular formula is C12H17NO2. The van der Waals surface area contributed by atoms with E-state index >= 15 is 0 Å². The van der Waals surface area contributed by atoms with Gasteiger partial charge < -0.3 is 10.1 Å². The zero-order chi connectivity index (χ0) is 11.4. The minimum atomic E-state index is -0.0128. The third-order valence-electron chi connectivity index (χ3n) is 2.27. The van der Waals surface area contributed by atoms with Crippen molar-refractivity contribution in [3.05, 3.63) is 28.8 Å². The molecule has 0 aliphatic carbocycles. The third kappa shape index (κ3) is 2.98. The van der Waals surface area contributed by atoms with E-state index in [0.29, 0.717) is 6.54 Å². The zero-order valence-electron chi connectivity index (χ0n) is 9.68. The summed E-state index contributed by atoms with van der Waals surface area (Å²) < 4.78 is 5.27. The van der Waals surface area contributed by atoms with Gasteiger partial charge in [0.05, 0.1) is 7.11 Å². The number of carbonyl (C=O) groups excluding carboxylic acids is 1. The number of hydrogen-bond donors (Lipinski definition) is 1. The number of amides is 1. The highest BCUT2D eigenvalue weighted by atomic mass is 16.5. The summed E-state index contributed by atoms with van der Waals surface area (Å²) in [7, 11) is 1.67. The van der Waals surface area contributed by atoms with E-state index in [1.54, 1.807) is 7.11 Å². The lowest BCUT2D eigenvalue weighted by molar-refractivity contribution is -0.119. The number of methoxy groups -OCH3 is 1. The second kappa shape index (κ2) is 4.82. The van der Waals surface area contributed by atoms with Crippen molar-refractivity contribution in [3.8, 4) is 5.75 Å². The molecule has 0 radical (unpaired) electrons. The minimum Gasteiger partial charge on any atom is -0.496 e. The quantitative estimate of drug-likeness (QED) is 0.822. The van der Waals surface area contributed by atoms with Gasteiger partial charge in [-0.2, -0.15) is 0 Å². The molecule has 0 atom stereocenters. The topological polar surface area (TPSA) is 38.3 Å². The van der Waals surface area contributed by atoms with Gasteiger partial charge in [-0.25, -0.2) is 0 Å². The van der Waals surface area contributed by atoms with E-state index in [2.05, 4.69) is 5.32 Å². The molecule has 0 unspecified atom stereocenters. The number of ether oxygens (including phenoxy) is 1. The van der Waals surface area contributed by atoms with E-state index < -0.39 is 0 Å². The summed E-state index contributed by atoms with van der Waals surface area (Å²) in [4.78, 5) is 10.8. The molecule has 0 bridgehead atoms.